The fourth-order valence-electron chi connectivity index (χ4n) is 3.38. The Morgan fingerprint density at radius 1 is 1.33 bits per heavy atom. The van der Waals surface area contributed by atoms with Crippen molar-refractivity contribution in [2.24, 2.45) is 5.73 Å². The van der Waals surface area contributed by atoms with Crippen molar-refractivity contribution in [2.75, 3.05) is 32.7 Å². The molecule has 2 N–H and O–H groups in total. The molecular weight excluding hydrogens is 242 g/mol. The van der Waals surface area contributed by atoms with Crippen LogP contribution >= 0.6 is 11.3 Å². The van der Waals surface area contributed by atoms with E-state index in [1.807, 2.05) is 11.3 Å². The molecule has 2 saturated heterocycles. The summed E-state index contributed by atoms with van der Waals surface area (Å²) in [5.74, 6) is 0. The largest absolute Gasteiger partial charge is 0.329 e. The molecule has 0 amide bonds. The number of likely N-dealkylation sites (tertiary alicyclic amines) is 2. The van der Waals surface area contributed by atoms with E-state index in [0.717, 1.165) is 12.6 Å². The average Bonchev–Trinajstić information content (AvgIpc) is 3.13. The third-order valence-electron chi connectivity index (χ3n) is 4.39. The maximum absolute atomic E-state index is 5.99. The number of thiophene rings is 1. The van der Waals surface area contributed by atoms with E-state index in [2.05, 4.69) is 27.3 Å². The minimum Gasteiger partial charge on any atom is -0.329 e. The van der Waals surface area contributed by atoms with Crippen LogP contribution in [-0.4, -0.2) is 48.6 Å². The van der Waals surface area contributed by atoms with Crippen LogP contribution in [0.25, 0.3) is 0 Å². The van der Waals surface area contributed by atoms with E-state index in [1.165, 1.54) is 50.3 Å². The highest BCUT2D eigenvalue weighted by Gasteiger charge is 2.32. The lowest BCUT2D eigenvalue weighted by Crippen LogP contribution is -2.37. The molecule has 18 heavy (non-hydrogen) atoms. The van der Waals surface area contributed by atoms with Gasteiger partial charge in [-0.2, -0.15) is 0 Å². The molecule has 0 saturated carbocycles. The van der Waals surface area contributed by atoms with Crippen LogP contribution in [0.3, 0.4) is 0 Å². The molecule has 2 aliphatic heterocycles. The van der Waals surface area contributed by atoms with Crippen LogP contribution in [-0.2, 0) is 0 Å². The monoisotopic (exact) mass is 265 g/mol. The summed E-state index contributed by atoms with van der Waals surface area (Å²) in [6, 6.07) is 5.58. The fraction of sp³-hybridized carbons (Fsp3) is 0.714. The molecule has 2 fully saturated rings. The first-order valence-corrected chi connectivity index (χ1v) is 7.98. The third-order valence-corrected chi connectivity index (χ3v) is 5.36. The minimum absolute atomic E-state index is 0.442. The van der Waals surface area contributed by atoms with Crippen LogP contribution in [0.1, 0.15) is 30.2 Å². The van der Waals surface area contributed by atoms with E-state index >= 15 is 0 Å². The number of hydrogen-bond acceptors (Lipinski definition) is 4. The minimum atomic E-state index is 0.442. The van der Waals surface area contributed by atoms with Crippen molar-refractivity contribution in [3.8, 4) is 0 Å². The predicted molar refractivity (Wildman–Crippen MR) is 76.9 cm³/mol. The number of hydrogen-bond donors (Lipinski definition) is 1. The Morgan fingerprint density at radius 2 is 2.17 bits per heavy atom. The van der Waals surface area contributed by atoms with E-state index in [-0.39, 0.29) is 0 Å². The molecule has 0 radical (unpaired) electrons. The molecule has 3 rings (SSSR count). The molecule has 4 heteroatoms. The zero-order valence-corrected chi connectivity index (χ0v) is 11.7. The van der Waals surface area contributed by atoms with Gasteiger partial charge in [0.2, 0.25) is 0 Å². The van der Waals surface area contributed by atoms with Crippen molar-refractivity contribution < 1.29 is 0 Å². The zero-order chi connectivity index (χ0) is 12.4. The highest BCUT2D eigenvalue weighted by atomic mass is 32.1. The van der Waals surface area contributed by atoms with E-state index in [4.69, 9.17) is 5.73 Å². The van der Waals surface area contributed by atoms with E-state index < -0.39 is 0 Å². The molecule has 3 heterocycles. The van der Waals surface area contributed by atoms with Crippen molar-refractivity contribution >= 4 is 11.3 Å². The predicted octanol–water partition coefficient (Wildman–Crippen LogP) is 1.92. The van der Waals surface area contributed by atoms with Gasteiger partial charge in [0.15, 0.2) is 0 Å². The molecule has 2 atom stereocenters. The molecule has 100 valence electrons. The standard InChI is InChI=1S/C14H23N3S/c15-10-13(14-4-3-9-18-14)17-8-5-12(11-17)16-6-1-2-7-16/h3-4,9,12-13H,1-2,5-8,10-11,15H2. The summed E-state index contributed by atoms with van der Waals surface area (Å²) in [7, 11) is 0. The maximum atomic E-state index is 5.99. The summed E-state index contributed by atoms with van der Waals surface area (Å²) in [6.07, 6.45) is 4.10. The van der Waals surface area contributed by atoms with Gasteiger partial charge in [0.25, 0.3) is 0 Å². The summed E-state index contributed by atoms with van der Waals surface area (Å²) >= 11 is 1.84. The highest BCUT2D eigenvalue weighted by Crippen LogP contribution is 2.29. The van der Waals surface area contributed by atoms with Gasteiger partial charge in [0.05, 0.1) is 6.04 Å². The molecule has 2 unspecified atom stereocenters. The molecule has 1 aromatic heterocycles. The van der Waals surface area contributed by atoms with Gasteiger partial charge in [-0.1, -0.05) is 6.07 Å². The lowest BCUT2D eigenvalue weighted by atomic mass is 10.2. The molecule has 0 bridgehead atoms. The van der Waals surface area contributed by atoms with E-state index in [0.29, 0.717) is 6.04 Å². The molecule has 2 aliphatic rings. The maximum Gasteiger partial charge on any atom is 0.0564 e. The first kappa shape index (κ1) is 12.6. The Bertz CT molecular complexity index is 359. The number of nitrogens with two attached hydrogens (primary N) is 1. The van der Waals surface area contributed by atoms with Gasteiger partial charge in [-0.3, -0.25) is 9.80 Å². The summed E-state index contributed by atoms with van der Waals surface area (Å²) in [6.45, 7) is 5.78. The molecule has 0 spiro atoms. The van der Waals surface area contributed by atoms with Crippen LogP contribution in [0, 0.1) is 0 Å². The number of nitrogens with zero attached hydrogens (tertiary/aromatic N) is 2. The molecule has 3 nitrogen and oxygen atoms in total. The summed E-state index contributed by atoms with van der Waals surface area (Å²) in [5, 5.41) is 2.16. The average molecular weight is 265 g/mol. The molecule has 0 aromatic carbocycles. The topological polar surface area (TPSA) is 32.5 Å². The van der Waals surface area contributed by atoms with Gasteiger partial charge in [-0.05, 0) is 43.8 Å². The van der Waals surface area contributed by atoms with Crippen LogP contribution in [0.5, 0.6) is 0 Å². The Morgan fingerprint density at radius 3 is 2.83 bits per heavy atom. The van der Waals surface area contributed by atoms with Crippen LogP contribution in [0.4, 0.5) is 0 Å². The van der Waals surface area contributed by atoms with Crippen molar-refractivity contribution in [3.05, 3.63) is 22.4 Å². The molecular formula is C14H23N3S. The van der Waals surface area contributed by atoms with Crippen LogP contribution < -0.4 is 5.73 Å². The van der Waals surface area contributed by atoms with Gasteiger partial charge in [0.1, 0.15) is 0 Å². The normalized spacial score (nSPS) is 27.9. The Kier molecular flexibility index (Phi) is 3.99. The Hall–Kier alpha value is -0.420. The summed E-state index contributed by atoms with van der Waals surface area (Å²) < 4.78 is 0. The number of rotatable bonds is 4. The zero-order valence-electron chi connectivity index (χ0n) is 10.9. The first-order chi connectivity index (χ1) is 8.88. The van der Waals surface area contributed by atoms with Gasteiger partial charge in [-0.25, -0.2) is 0 Å². The fourth-order valence-corrected chi connectivity index (χ4v) is 4.26. The second-order valence-corrected chi connectivity index (χ2v) is 6.43. The van der Waals surface area contributed by atoms with Crippen molar-refractivity contribution in [3.63, 3.8) is 0 Å². The lowest BCUT2D eigenvalue weighted by molar-refractivity contribution is 0.204. The van der Waals surface area contributed by atoms with Gasteiger partial charge in [-0.15, -0.1) is 11.3 Å². The second-order valence-electron chi connectivity index (χ2n) is 5.45. The highest BCUT2D eigenvalue weighted by molar-refractivity contribution is 7.10. The van der Waals surface area contributed by atoms with Gasteiger partial charge < -0.3 is 5.73 Å². The van der Waals surface area contributed by atoms with E-state index in [1.54, 1.807) is 0 Å². The quantitative estimate of drug-likeness (QED) is 0.903. The van der Waals surface area contributed by atoms with E-state index in [9.17, 15) is 0 Å². The summed E-state index contributed by atoms with van der Waals surface area (Å²) in [4.78, 5) is 6.70. The van der Waals surface area contributed by atoms with Gasteiger partial charge in [0, 0.05) is 30.6 Å². The van der Waals surface area contributed by atoms with Crippen molar-refractivity contribution in [1.29, 1.82) is 0 Å². The SMILES string of the molecule is NCC(c1cccs1)N1CCC(N2CCCC2)C1. The van der Waals surface area contributed by atoms with Crippen molar-refractivity contribution in [1.82, 2.24) is 9.80 Å². The summed E-state index contributed by atoms with van der Waals surface area (Å²) in [5.41, 5.74) is 5.99. The Balaban J connectivity index is 1.63. The molecule has 1 aromatic rings. The Labute approximate surface area is 114 Å². The smallest absolute Gasteiger partial charge is 0.0564 e. The van der Waals surface area contributed by atoms with Crippen LogP contribution in [0.15, 0.2) is 17.5 Å². The third kappa shape index (κ3) is 2.48. The first-order valence-electron chi connectivity index (χ1n) is 7.10. The van der Waals surface area contributed by atoms with Crippen molar-refractivity contribution in [2.45, 2.75) is 31.3 Å². The van der Waals surface area contributed by atoms with Gasteiger partial charge >= 0.3 is 0 Å². The second kappa shape index (κ2) is 5.70. The lowest BCUT2D eigenvalue weighted by Gasteiger charge is -2.28. The molecule has 0 aliphatic carbocycles. The van der Waals surface area contributed by atoms with Crippen LogP contribution in [0.2, 0.25) is 0 Å².